The van der Waals surface area contributed by atoms with Crippen LogP contribution in [0, 0.1) is 5.41 Å². The number of hydrogen-bond acceptors (Lipinski definition) is 3. The van der Waals surface area contributed by atoms with Gasteiger partial charge in [-0.1, -0.05) is 39.8 Å². The van der Waals surface area contributed by atoms with Crippen molar-refractivity contribution in [3.05, 3.63) is 29.8 Å². The smallest absolute Gasteiger partial charge is 0.178 e. The summed E-state index contributed by atoms with van der Waals surface area (Å²) in [5.41, 5.74) is 0.783. The lowest BCUT2D eigenvalue weighted by Gasteiger charge is -2.25. The monoisotopic (exact) mass is 284 g/mol. The minimum absolute atomic E-state index is 0.174. The molecule has 1 N–H and O–H groups in total. The summed E-state index contributed by atoms with van der Waals surface area (Å²) in [5.74, 6) is 0.178. The summed E-state index contributed by atoms with van der Waals surface area (Å²) >= 11 is 0. The van der Waals surface area contributed by atoms with Gasteiger partial charge in [0.1, 0.15) is 0 Å². The average molecular weight is 284 g/mol. The minimum Gasteiger partial charge on any atom is -0.392 e. The second-order valence-corrected chi connectivity index (χ2v) is 8.16. The zero-order chi connectivity index (χ0) is 14.7. The van der Waals surface area contributed by atoms with Gasteiger partial charge in [-0.05, 0) is 36.0 Å². The van der Waals surface area contributed by atoms with Crippen molar-refractivity contribution < 1.29 is 13.5 Å². The number of hydrogen-bond donors (Lipinski definition) is 1. The van der Waals surface area contributed by atoms with Gasteiger partial charge in [0.15, 0.2) is 9.84 Å². The Kier molecular flexibility index (Phi) is 5.16. The molecule has 0 aromatic heterocycles. The molecule has 0 aliphatic rings. The molecule has 3 nitrogen and oxygen atoms in total. The summed E-state index contributed by atoms with van der Waals surface area (Å²) in [7, 11) is -3.15. The number of aliphatic hydroxyl groups is 1. The standard InChI is InChI=1S/C15H24O3S/c1-5-10-19(17,18)13-8-6-12(7-9-13)11-14(16)15(2,3)4/h6-9,14,16H,5,10-11H2,1-4H3. The van der Waals surface area contributed by atoms with Gasteiger partial charge < -0.3 is 5.11 Å². The summed E-state index contributed by atoms with van der Waals surface area (Å²) in [6, 6.07) is 6.85. The Hall–Kier alpha value is -0.870. The molecular formula is C15H24O3S. The maximum Gasteiger partial charge on any atom is 0.178 e. The molecular weight excluding hydrogens is 260 g/mol. The molecule has 0 heterocycles. The summed E-state index contributed by atoms with van der Waals surface area (Å²) in [6.07, 6.45) is 0.718. The number of rotatable bonds is 5. The van der Waals surface area contributed by atoms with Crippen molar-refractivity contribution in [2.45, 2.75) is 51.5 Å². The normalized spacial score (nSPS) is 14.4. The van der Waals surface area contributed by atoms with E-state index in [0.717, 1.165) is 5.56 Å². The molecule has 0 saturated heterocycles. The fourth-order valence-corrected chi connectivity index (χ4v) is 3.07. The van der Waals surface area contributed by atoms with Gasteiger partial charge in [-0.2, -0.15) is 0 Å². The van der Waals surface area contributed by atoms with Gasteiger partial charge in [0, 0.05) is 0 Å². The van der Waals surface area contributed by atoms with E-state index in [1.54, 1.807) is 24.3 Å². The van der Waals surface area contributed by atoms with E-state index in [2.05, 4.69) is 0 Å². The number of aliphatic hydroxyl groups excluding tert-OH is 1. The Morgan fingerprint density at radius 3 is 2.11 bits per heavy atom. The maximum absolute atomic E-state index is 11.9. The fraction of sp³-hybridized carbons (Fsp3) is 0.600. The van der Waals surface area contributed by atoms with E-state index in [9.17, 15) is 13.5 Å². The molecule has 1 unspecified atom stereocenters. The lowest BCUT2D eigenvalue weighted by Crippen LogP contribution is -2.28. The zero-order valence-corrected chi connectivity index (χ0v) is 13.0. The Morgan fingerprint density at radius 2 is 1.68 bits per heavy atom. The van der Waals surface area contributed by atoms with E-state index in [-0.39, 0.29) is 11.2 Å². The summed E-state index contributed by atoms with van der Waals surface area (Å²) < 4.78 is 23.8. The molecule has 0 spiro atoms. The third-order valence-corrected chi connectivity index (χ3v) is 5.12. The van der Waals surface area contributed by atoms with Crippen LogP contribution in [0.5, 0.6) is 0 Å². The maximum atomic E-state index is 11.9. The Balaban J connectivity index is 2.83. The molecule has 0 saturated carbocycles. The third-order valence-electron chi connectivity index (χ3n) is 3.18. The van der Waals surface area contributed by atoms with E-state index in [0.29, 0.717) is 17.7 Å². The SMILES string of the molecule is CCCS(=O)(=O)c1ccc(CC(O)C(C)(C)C)cc1. The predicted octanol–water partition coefficient (Wildman–Crippen LogP) is 2.82. The first kappa shape index (κ1) is 16.2. The first-order valence-electron chi connectivity index (χ1n) is 6.66. The third kappa shape index (κ3) is 4.62. The predicted molar refractivity (Wildman–Crippen MR) is 78.0 cm³/mol. The van der Waals surface area contributed by atoms with Crippen LogP contribution < -0.4 is 0 Å². The highest BCUT2D eigenvalue weighted by Crippen LogP contribution is 2.23. The van der Waals surface area contributed by atoms with Crippen molar-refractivity contribution in [1.82, 2.24) is 0 Å². The minimum atomic E-state index is -3.15. The molecule has 0 bridgehead atoms. The van der Waals surface area contributed by atoms with Crippen molar-refractivity contribution in [3.8, 4) is 0 Å². The van der Waals surface area contributed by atoms with E-state index >= 15 is 0 Å². The van der Waals surface area contributed by atoms with E-state index in [4.69, 9.17) is 0 Å². The lowest BCUT2D eigenvalue weighted by molar-refractivity contribution is 0.0636. The number of benzene rings is 1. The van der Waals surface area contributed by atoms with Crippen LogP contribution in [-0.2, 0) is 16.3 Å². The van der Waals surface area contributed by atoms with Crippen molar-refractivity contribution in [3.63, 3.8) is 0 Å². The second-order valence-electron chi connectivity index (χ2n) is 6.05. The van der Waals surface area contributed by atoms with Gasteiger partial charge >= 0.3 is 0 Å². The van der Waals surface area contributed by atoms with Gasteiger partial charge in [0.25, 0.3) is 0 Å². The molecule has 0 fully saturated rings. The fourth-order valence-electron chi connectivity index (χ4n) is 1.75. The largest absolute Gasteiger partial charge is 0.392 e. The molecule has 0 radical (unpaired) electrons. The van der Waals surface area contributed by atoms with Crippen LogP contribution in [0.3, 0.4) is 0 Å². The first-order chi connectivity index (χ1) is 8.66. The van der Waals surface area contributed by atoms with Crippen molar-refractivity contribution >= 4 is 9.84 Å². The van der Waals surface area contributed by atoms with Gasteiger partial charge in [-0.25, -0.2) is 8.42 Å². The molecule has 1 aromatic carbocycles. The second kappa shape index (κ2) is 6.06. The number of sulfone groups is 1. The molecule has 0 aliphatic carbocycles. The molecule has 19 heavy (non-hydrogen) atoms. The highest BCUT2D eigenvalue weighted by Gasteiger charge is 2.22. The van der Waals surface area contributed by atoms with Crippen LogP contribution in [0.15, 0.2) is 29.2 Å². The molecule has 0 aliphatic heterocycles. The molecule has 0 amide bonds. The van der Waals surface area contributed by atoms with Crippen LogP contribution in [0.4, 0.5) is 0 Å². The molecule has 4 heteroatoms. The van der Waals surface area contributed by atoms with Gasteiger partial charge in [-0.15, -0.1) is 0 Å². The van der Waals surface area contributed by atoms with Crippen LogP contribution in [0.25, 0.3) is 0 Å². The highest BCUT2D eigenvalue weighted by atomic mass is 32.2. The zero-order valence-electron chi connectivity index (χ0n) is 12.2. The van der Waals surface area contributed by atoms with Crippen LogP contribution in [0.2, 0.25) is 0 Å². The Labute approximate surface area is 116 Å². The molecule has 1 rings (SSSR count). The highest BCUT2D eigenvalue weighted by molar-refractivity contribution is 7.91. The van der Waals surface area contributed by atoms with Gasteiger partial charge in [0.05, 0.1) is 16.8 Å². The van der Waals surface area contributed by atoms with Crippen LogP contribution in [-0.4, -0.2) is 25.4 Å². The summed E-state index contributed by atoms with van der Waals surface area (Å²) in [6.45, 7) is 7.80. The molecule has 108 valence electrons. The lowest BCUT2D eigenvalue weighted by atomic mass is 9.85. The van der Waals surface area contributed by atoms with Crippen LogP contribution >= 0.6 is 0 Å². The van der Waals surface area contributed by atoms with Crippen molar-refractivity contribution in [2.24, 2.45) is 5.41 Å². The summed E-state index contributed by atoms with van der Waals surface area (Å²) in [4.78, 5) is 0.364. The van der Waals surface area contributed by atoms with Crippen molar-refractivity contribution in [2.75, 3.05) is 5.75 Å². The topological polar surface area (TPSA) is 54.4 Å². The van der Waals surface area contributed by atoms with E-state index in [1.165, 1.54) is 0 Å². The van der Waals surface area contributed by atoms with Gasteiger partial charge in [0.2, 0.25) is 0 Å². The first-order valence-corrected chi connectivity index (χ1v) is 8.32. The molecule has 1 aromatic rings. The molecule has 1 atom stereocenters. The summed E-state index contributed by atoms with van der Waals surface area (Å²) in [5, 5.41) is 10.0. The Morgan fingerprint density at radius 1 is 1.16 bits per heavy atom. The van der Waals surface area contributed by atoms with E-state index in [1.807, 2.05) is 27.7 Å². The van der Waals surface area contributed by atoms with Gasteiger partial charge in [-0.3, -0.25) is 0 Å². The van der Waals surface area contributed by atoms with E-state index < -0.39 is 15.9 Å². The average Bonchev–Trinajstić information content (AvgIpc) is 2.28. The van der Waals surface area contributed by atoms with Crippen molar-refractivity contribution in [1.29, 1.82) is 0 Å². The quantitative estimate of drug-likeness (QED) is 0.904. The van der Waals surface area contributed by atoms with Crippen LogP contribution in [0.1, 0.15) is 39.7 Å². The Bertz CT molecular complexity index is 495.